The number of halogens is 2. The largest absolute Gasteiger partial charge is 0.392 e. The molecule has 2 fully saturated rings. The smallest absolute Gasteiger partial charge is 0.162 e. The van der Waals surface area contributed by atoms with Gasteiger partial charge in [0.1, 0.15) is 0 Å². The van der Waals surface area contributed by atoms with Crippen LogP contribution in [0.25, 0.3) is 0 Å². The number of ether oxygens (including phenoxy) is 2. The standard InChI is InChI=1S/C16H20F2O3/c17-13-3-1-2-11(15(13)18)8-14(19)12-4-6-21-16(9-12)5-7-20-10-16/h1-3,12,14,19H,4-10H2. The van der Waals surface area contributed by atoms with Crippen molar-refractivity contribution in [1.82, 2.24) is 0 Å². The number of benzene rings is 1. The highest BCUT2D eigenvalue weighted by Gasteiger charge is 2.42. The van der Waals surface area contributed by atoms with Gasteiger partial charge in [-0.25, -0.2) is 8.78 Å². The fraction of sp³-hybridized carbons (Fsp3) is 0.625. The zero-order valence-electron chi connectivity index (χ0n) is 11.9. The molecule has 3 unspecified atom stereocenters. The highest BCUT2D eigenvalue weighted by Crippen LogP contribution is 2.37. The highest BCUT2D eigenvalue weighted by molar-refractivity contribution is 5.20. The average Bonchev–Trinajstić information content (AvgIpc) is 2.92. The molecule has 0 aliphatic carbocycles. The van der Waals surface area contributed by atoms with Crippen molar-refractivity contribution in [3.05, 3.63) is 35.4 Å². The van der Waals surface area contributed by atoms with E-state index in [0.717, 1.165) is 18.9 Å². The van der Waals surface area contributed by atoms with Crippen LogP contribution in [0.5, 0.6) is 0 Å². The van der Waals surface area contributed by atoms with Gasteiger partial charge in [0.15, 0.2) is 11.6 Å². The number of aliphatic hydroxyl groups excluding tert-OH is 1. The van der Waals surface area contributed by atoms with Gasteiger partial charge in [0.25, 0.3) is 0 Å². The van der Waals surface area contributed by atoms with Crippen LogP contribution in [0.4, 0.5) is 8.78 Å². The Morgan fingerprint density at radius 3 is 2.95 bits per heavy atom. The van der Waals surface area contributed by atoms with E-state index >= 15 is 0 Å². The van der Waals surface area contributed by atoms with Gasteiger partial charge in [-0.15, -0.1) is 0 Å². The third-order valence-corrected chi connectivity index (χ3v) is 4.60. The fourth-order valence-corrected chi connectivity index (χ4v) is 3.36. The molecule has 21 heavy (non-hydrogen) atoms. The molecule has 1 aromatic rings. The summed E-state index contributed by atoms with van der Waals surface area (Å²) in [6, 6.07) is 4.08. The van der Waals surface area contributed by atoms with Crippen molar-refractivity contribution in [2.75, 3.05) is 19.8 Å². The van der Waals surface area contributed by atoms with Crippen molar-refractivity contribution in [1.29, 1.82) is 0 Å². The Balaban J connectivity index is 1.67. The second-order valence-corrected chi connectivity index (χ2v) is 6.07. The molecule has 1 aromatic carbocycles. The first-order chi connectivity index (χ1) is 10.1. The summed E-state index contributed by atoms with van der Waals surface area (Å²) in [4.78, 5) is 0. The van der Waals surface area contributed by atoms with Crippen LogP contribution in [-0.2, 0) is 15.9 Å². The lowest BCUT2D eigenvalue weighted by atomic mass is 9.80. The van der Waals surface area contributed by atoms with Gasteiger partial charge in [0, 0.05) is 26.1 Å². The molecule has 0 radical (unpaired) electrons. The molecule has 5 heteroatoms. The van der Waals surface area contributed by atoms with E-state index in [4.69, 9.17) is 9.47 Å². The van der Waals surface area contributed by atoms with Gasteiger partial charge >= 0.3 is 0 Å². The molecule has 2 saturated heterocycles. The predicted molar refractivity (Wildman–Crippen MR) is 72.9 cm³/mol. The Morgan fingerprint density at radius 2 is 2.19 bits per heavy atom. The van der Waals surface area contributed by atoms with E-state index in [-0.39, 0.29) is 23.5 Å². The van der Waals surface area contributed by atoms with Crippen LogP contribution in [0.3, 0.4) is 0 Å². The Labute approximate surface area is 122 Å². The van der Waals surface area contributed by atoms with E-state index < -0.39 is 17.7 Å². The van der Waals surface area contributed by atoms with Crippen LogP contribution < -0.4 is 0 Å². The summed E-state index contributed by atoms with van der Waals surface area (Å²) in [7, 11) is 0. The molecule has 2 heterocycles. The first-order valence-electron chi connectivity index (χ1n) is 7.42. The molecule has 1 spiro atoms. The molecule has 2 aliphatic heterocycles. The van der Waals surface area contributed by atoms with Gasteiger partial charge in [-0.2, -0.15) is 0 Å². The Morgan fingerprint density at radius 1 is 1.33 bits per heavy atom. The zero-order valence-corrected chi connectivity index (χ0v) is 11.9. The van der Waals surface area contributed by atoms with E-state index in [1.54, 1.807) is 0 Å². The normalized spacial score (nSPS) is 30.7. The van der Waals surface area contributed by atoms with Crippen LogP contribution in [0.1, 0.15) is 24.8 Å². The fourth-order valence-electron chi connectivity index (χ4n) is 3.36. The van der Waals surface area contributed by atoms with Crippen molar-refractivity contribution in [2.24, 2.45) is 5.92 Å². The van der Waals surface area contributed by atoms with Gasteiger partial charge in [-0.05, 0) is 30.4 Å². The molecule has 0 aromatic heterocycles. The summed E-state index contributed by atoms with van der Waals surface area (Å²) in [5.41, 5.74) is -0.0598. The molecule has 3 rings (SSSR count). The van der Waals surface area contributed by atoms with Crippen LogP contribution >= 0.6 is 0 Å². The first kappa shape index (κ1) is 14.9. The van der Waals surface area contributed by atoms with Gasteiger partial charge < -0.3 is 14.6 Å². The zero-order chi connectivity index (χ0) is 14.9. The molecule has 0 amide bonds. The molecular formula is C16H20F2O3. The maximum Gasteiger partial charge on any atom is 0.162 e. The van der Waals surface area contributed by atoms with Crippen molar-refractivity contribution < 1.29 is 23.4 Å². The van der Waals surface area contributed by atoms with Crippen molar-refractivity contribution >= 4 is 0 Å². The number of hydrogen-bond donors (Lipinski definition) is 1. The monoisotopic (exact) mass is 298 g/mol. The van der Waals surface area contributed by atoms with E-state index in [1.807, 2.05) is 0 Å². The van der Waals surface area contributed by atoms with Gasteiger partial charge in [-0.3, -0.25) is 0 Å². The second kappa shape index (κ2) is 5.99. The van der Waals surface area contributed by atoms with E-state index in [9.17, 15) is 13.9 Å². The van der Waals surface area contributed by atoms with Crippen molar-refractivity contribution in [3.8, 4) is 0 Å². The van der Waals surface area contributed by atoms with Gasteiger partial charge in [0.2, 0.25) is 0 Å². The topological polar surface area (TPSA) is 38.7 Å². The third kappa shape index (κ3) is 3.10. The first-order valence-corrected chi connectivity index (χ1v) is 7.42. The molecule has 0 saturated carbocycles. The predicted octanol–water partition coefficient (Wildman–Crippen LogP) is 2.45. The molecule has 0 bridgehead atoms. The minimum atomic E-state index is -0.868. The Bertz CT molecular complexity index is 500. The SMILES string of the molecule is OC(Cc1cccc(F)c1F)C1CCOC2(CCOC2)C1. The Kier molecular flexibility index (Phi) is 4.24. The van der Waals surface area contributed by atoms with Crippen LogP contribution in [-0.4, -0.2) is 36.6 Å². The molecule has 116 valence electrons. The quantitative estimate of drug-likeness (QED) is 0.931. The summed E-state index contributed by atoms with van der Waals surface area (Å²) in [6.45, 7) is 1.82. The maximum absolute atomic E-state index is 13.7. The number of rotatable bonds is 3. The lowest BCUT2D eigenvalue weighted by molar-refractivity contribution is -0.116. The average molecular weight is 298 g/mol. The van der Waals surface area contributed by atoms with E-state index in [2.05, 4.69) is 0 Å². The summed E-state index contributed by atoms with van der Waals surface area (Å²) in [5.74, 6) is -1.70. The summed E-state index contributed by atoms with van der Waals surface area (Å²) < 4.78 is 38.1. The minimum Gasteiger partial charge on any atom is -0.392 e. The van der Waals surface area contributed by atoms with Gasteiger partial charge in [0.05, 0.1) is 18.3 Å². The van der Waals surface area contributed by atoms with E-state index in [0.29, 0.717) is 26.2 Å². The highest BCUT2D eigenvalue weighted by atomic mass is 19.2. The third-order valence-electron chi connectivity index (χ3n) is 4.60. The Hall–Kier alpha value is -1.04. The van der Waals surface area contributed by atoms with Crippen molar-refractivity contribution in [2.45, 2.75) is 37.4 Å². The van der Waals surface area contributed by atoms with Crippen LogP contribution in [0.15, 0.2) is 18.2 Å². The van der Waals surface area contributed by atoms with Crippen LogP contribution in [0, 0.1) is 17.6 Å². The summed E-state index contributed by atoms with van der Waals surface area (Å²) >= 11 is 0. The molecular weight excluding hydrogens is 278 g/mol. The van der Waals surface area contributed by atoms with Crippen molar-refractivity contribution in [3.63, 3.8) is 0 Å². The minimum absolute atomic E-state index is 0.0307. The molecule has 3 atom stereocenters. The molecule has 1 N–H and O–H groups in total. The number of aliphatic hydroxyl groups is 1. The summed E-state index contributed by atoms with van der Waals surface area (Å²) in [5, 5.41) is 10.4. The lowest BCUT2D eigenvalue weighted by Crippen LogP contribution is -2.44. The summed E-state index contributed by atoms with van der Waals surface area (Å²) in [6.07, 6.45) is 1.73. The number of hydrogen-bond acceptors (Lipinski definition) is 3. The maximum atomic E-state index is 13.7. The van der Waals surface area contributed by atoms with Crippen LogP contribution in [0.2, 0.25) is 0 Å². The second-order valence-electron chi connectivity index (χ2n) is 6.07. The molecule has 3 nitrogen and oxygen atoms in total. The van der Waals surface area contributed by atoms with Gasteiger partial charge in [-0.1, -0.05) is 12.1 Å². The molecule has 2 aliphatic rings. The lowest BCUT2D eigenvalue weighted by Gasteiger charge is -2.39. The van der Waals surface area contributed by atoms with E-state index in [1.165, 1.54) is 12.1 Å².